The molecule has 6 heteroatoms. The van der Waals surface area contributed by atoms with Crippen LogP contribution in [0.2, 0.25) is 5.15 Å². The molecule has 0 aliphatic carbocycles. The first kappa shape index (κ1) is 13.2. The van der Waals surface area contributed by atoms with Gasteiger partial charge in [0.1, 0.15) is 16.7 Å². The van der Waals surface area contributed by atoms with E-state index in [0.29, 0.717) is 22.3 Å². The quantitative estimate of drug-likeness (QED) is 0.531. The summed E-state index contributed by atoms with van der Waals surface area (Å²) in [6.45, 7) is 0. The highest BCUT2D eigenvalue weighted by Crippen LogP contribution is 2.26. The average molecular weight is 279 g/mol. The molecule has 1 aromatic carbocycles. The van der Waals surface area contributed by atoms with Crippen molar-refractivity contribution in [2.75, 3.05) is 12.8 Å². The molecular weight excluding hydrogens is 268 g/mol. The molecule has 1 heterocycles. The van der Waals surface area contributed by atoms with Crippen LogP contribution in [0.15, 0.2) is 36.5 Å². The summed E-state index contributed by atoms with van der Waals surface area (Å²) in [6, 6.07) is 7.95. The predicted octanol–water partition coefficient (Wildman–Crippen LogP) is 2.90. The second kappa shape index (κ2) is 5.58. The number of carbonyl (C=O) groups is 1. The van der Waals surface area contributed by atoms with Gasteiger partial charge in [0.25, 0.3) is 0 Å². The number of nitrogens with two attached hydrogens (primary N) is 1. The van der Waals surface area contributed by atoms with Gasteiger partial charge in [0, 0.05) is 18.0 Å². The van der Waals surface area contributed by atoms with E-state index in [1.165, 1.54) is 19.4 Å². The zero-order chi connectivity index (χ0) is 13.8. The van der Waals surface area contributed by atoms with Crippen LogP contribution in [0.4, 0.5) is 5.69 Å². The first-order chi connectivity index (χ1) is 9.10. The van der Waals surface area contributed by atoms with E-state index in [2.05, 4.69) is 9.72 Å². The van der Waals surface area contributed by atoms with E-state index in [0.717, 1.165) is 0 Å². The Labute approximate surface area is 114 Å². The molecule has 19 heavy (non-hydrogen) atoms. The second-order valence-corrected chi connectivity index (χ2v) is 4.04. The number of halogens is 1. The maximum Gasteiger partial charge on any atom is 0.340 e. The third-order valence-corrected chi connectivity index (χ3v) is 2.57. The Morgan fingerprint density at radius 1 is 1.26 bits per heavy atom. The van der Waals surface area contributed by atoms with Crippen molar-refractivity contribution in [2.24, 2.45) is 0 Å². The minimum atomic E-state index is -0.518. The largest absolute Gasteiger partial charge is 0.465 e. The van der Waals surface area contributed by atoms with Gasteiger partial charge in [0.2, 0.25) is 0 Å². The molecule has 1 aromatic heterocycles. The second-order valence-electron chi connectivity index (χ2n) is 3.66. The fraction of sp³-hybridized carbons (Fsp3) is 0.0769. The topological polar surface area (TPSA) is 74.4 Å². The normalized spacial score (nSPS) is 10.0. The summed E-state index contributed by atoms with van der Waals surface area (Å²) in [6.07, 6.45) is 1.52. The van der Waals surface area contributed by atoms with Crippen molar-refractivity contribution in [3.63, 3.8) is 0 Å². The van der Waals surface area contributed by atoms with Gasteiger partial charge in [-0.25, -0.2) is 9.78 Å². The molecule has 0 bridgehead atoms. The molecule has 2 aromatic rings. The number of aromatic nitrogens is 1. The molecule has 0 amide bonds. The van der Waals surface area contributed by atoms with E-state index in [4.69, 9.17) is 22.1 Å². The fourth-order valence-electron chi connectivity index (χ4n) is 1.47. The number of nitrogen functional groups attached to an aromatic ring is 1. The van der Waals surface area contributed by atoms with Crippen LogP contribution in [0.5, 0.6) is 11.5 Å². The third kappa shape index (κ3) is 3.14. The van der Waals surface area contributed by atoms with Crippen LogP contribution in [-0.2, 0) is 4.74 Å². The summed E-state index contributed by atoms with van der Waals surface area (Å²) in [5, 5.41) is 0.320. The van der Waals surface area contributed by atoms with Gasteiger partial charge in [-0.05, 0) is 24.3 Å². The molecule has 0 radical (unpaired) electrons. The van der Waals surface area contributed by atoms with Gasteiger partial charge >= 0.3 is 5.97 Å². The molecule has 5 nitrogen and oxygen atoms in total. The maximum absolute atomic E-state index is 11.5. The van der Waals surface area contributed by atoms with Crippen molar-refractivity contribution in [3.05, 3.63) is 47.2 Å². The number of carbonyl (C=O) groups excluding carboxylic acids is 1. The lowest BCUT2D eigenvalue weighted by Crippen LogP contribution is -2.05. The van der Waals surface area contributed by atoms with E-state index in [1.54, 1.807) is 24.3 Å². The van der Waals surface area contributed by atoms with Crippen LogP contribution < -0.4 is 10.5 Å². The molecule has 0 spiro atoms. The predicted molar refractivity (Wildman–Crippen MR) is 71.5 cm³/mol. The summed E-state index contributed by atoms with van der Waals surface area (Å²) in [5.74, 6) is 0.452. The van der Waals surface area contributed by atoms with Gasteiger partial charge < -0.3 is 15.2 Å². The number of benzene rings is 1. The van der Waals surface area contributed by atoms with Gasteiger partial charge in [-0.1, -0.05) is 11.6 Å². The molecule has 0 atom stereocenters. The first-order valence-electron chi connectivity index (χ1n) is 5.37. The lowest BCUT2D eigenvalue weighted by atomic mass is 10.2. The van der Waals surface area contributed by atoms with Crippen LogP contribution in [0.1, 0.15) is 10.4 Å². The van der Waals surface area contributed by atoms with Crippen molar-refractivity contribution in [1.29, 1.82) is 0 Å². The number of methoxy groups -OCH3 is 1. The summed E-state index contributed by atoms with van der Waals surface area (Å²) >= 11 is 5.76. The van der Waals surface area contributed by atoms with Crippen LogP contribution in [0.25, 0.3) is 0 Å². The minimum absolute atomic E-state index is 0.250. The molecule has 2 N–H and O–H groups in total. The van der Waals surface area contributed by atoms with Crippen molar-refractivity contribution in [3.8, 4) is 11.5 Å². The van der Waals surface area contributed by atoms with E-state index < -0.39 is 5.97 Å². The minimum Gasteiger partial charge on any atom is -0.465 e. The molecular formula is C13H11ClN2O3. The van der Waals surface area contributed by atoms with Gasteiger partial charge in [-0.2, -0.15) is 0 Å². The van der Waals surface area contributed by atoms with Crippen molar-refractivity contribution >= 4 is 23.3 Å². The van der Waals surface area contributed by atoms with Gasteiger partial charge in [-0.3, -0.25) is 0 Å². The molecule has 98 valence electrons. The fourth-order valence-corrected chi connectivity index (χ4v) is 1.63. The lowest BCUT2D eigenvalue weighted by Gasteiger charge is -2.09. The molecule has 0 aliphatic heterocycles. The van der Waals surface area contributed by atoms with Crippen LogP contribution in [0.3, 0.4) is 0 Å². The summed E-state index contributed by atoms with van der Waals surface area (Å²) in [7, 11) is 1.29. The van der Waals surface area contributed by atoms with Crippen LogP contribution in [0, 0.1) is 0 Å². The Hall–Kier alpha value is -2.27. The van der Waals surface area contributed by atoms with Crippen molar-refractivity contribution < 1.29 is 14.3 Å². The van der Waals surface area contributed by atoms with Gasteiger partial charge in [0.05, 0.1) is 12.7 Å². The molecule has 0 unspecified atom stereocenters. The standard InChI is InChI=1S/C13H11ClN2O3/c1-18-13(17)10-6-8(2-3-11(10)15)19-9-4-5-16-12(14)7-9/h2-7H,15H2,1H3. The number of hydrogen-bond donors (Lipinski definition) is 1. The highest BCUT2D eigenvalue weighted by atomic mass is 35.5. The van der Waals surface area contributed by atoms with Crippen molar-refractivity contribution in [1.82, 2.24) is 4.98 Å². The highest BCUT2D eigenvalue weighted by molar-refractivity contribution is 6.29. The monoisotopic (exact) mass is 278 g/mol. The van der Waals surface area contributed by atoms with E-state index in [9.17, 15) is 4.79 Å². The Kier molecular flexibility index (Phi) is 3.87. The smallest absolute Gasteiger partial charge is 0.340 e. The Morgan fingerprint density at radius 3 is 2.68 bits per heavy atom. The summed E-state index contributed by atoms with van der Waals surface area (Å²) in [5.41, 5.74) is 6.27. The van der Waals surface area contributed by atoms with E-state index >= 15 is 0 Å². The summed E-state index contributed by atoms with van der Waals surface area (Å²) in [4.78, 5) is 15.4. The van der Waals surface area contributed by atoms with E-state index in [1.807, 2.05) is 0 Å². The number of nitrogens with zero attached hydrogens (tertiary/aromatic N) is 1. The molecule has 2 rings (SSSR count). The molecule has 0 saturated carbocycles. The van der Waals surface area contributed by atoms with Crippen molar-refractivity contribution in [2.45, 2.75) is 0 Å². The Bertz CT molecular complexity index is 617. The number of hydrogen-bond acceptors (Lipinski definition) is 5. The van der Waals surface area contributed by atoms with Crippen LogP contribution in [-0.4, -0.2) is 18.1 Å². The highest BCUT2D eigenvalue weighted by Gasteiger charge is 2.11. The third-order valence-electron chi connectivity index (χ3n) is 2.36. The lowest BCUT2D eigenvalue weighted by molar-refractivity contribution is 0.0601. The Morgan fingerprint density at radius 2 is 2.00 bits per heavy atom. The summed E-state index contributed by atoms with van der Waals surface area (Å²) < 4.78 is 10.2. The number of pyridine rings is 1. The van der Waals surface area contributed by atoms with Gasteiger partial charge in [-0.15, -0.1) is 0 Å². The maximum atomic E-state index is 11.5. The van der Waals surface area contributed by atoms with E-state index in [-0.39, 0.29) is 5.56 Å². The zero-order valence-electron chi connectivity index (χ0n) is 10.1. The molecule has 0 aliphatic rings. The number of rotatable bonds is 3. The molecule has 0 fully saturated rings. The SMILES string of the molecule is COC(=O)c1cc(Oc2ccnc(Cl)c2)ccc1N. The average Bonchev–Trinajstić information content (AvgIpc) is 2.40. The number of esters is 1. The Balaban J connectivity index is 2.29. The van der Waals surface area contributed by atoms with Gasteiger partial charge in [0.15, 0.2) is 0 Å². The zero-order valence-corrected chi connectivity index (χ0v) is 10.8. The number of anilines is 1. The number of ether oxygens (including phenoxy) is 2. The first-order valence-corrected chi connectivity index (χ1v) is 5.75. The van der Waals surface area contributed by atoms with Crippen LogP contribution >= 0.6 is 11.6 Å². The molecule has 0 saturated heterocycles.